The lowest BCUT2D eigenvalue weighted by Crippen LogP contribution is -2.26. The Balaban J connectivity index is 2.09. The number of benzene rings is 1. The number of hydrogen-bond acceptors (Lipinski definition) is 2. The molecule has 0 unspecified atom stereocenters. The maximum absolute atomic E-state index is 13.0. The number of anilines is 1. The van der Waals surface area contributed by atoms with Crippen molar-refractivity contribution >= 4 is 23.2 Å². The maximum Gasteiger partial charge on any atom is 0.251 e. The summed E-state index contributed by atoms with van der Waals surface area (Å²) in [6.07, 6.45) is 1.55. The smallest absolute Gasteiger partial charge is 0.251 e. The van der Waals surface area contributed by atoms with Crippen molar-refractivity contribution in [3.05, 3.63) is 63.3 Å². The van der Waals surface area contributed by atoms with Crippen molar-refractivity contribution in [3.8, 4) is 0 Å². The number of aromatic nitrogens is 1. The minimum atomic E-state index is -0.556. The molecule has 2 rings (SSSR count). The molecule has 0 spiro atoms. The molecular formula is C14H12ClFN2O2. The number of rotatable bonds is 3. The summed E-state index contributed by atoms with van der Waals surface area (Å²) < 4.78 is 14.3. The van der Waals surface area contributed by atoms with Crippen LogP contribution in [0.2, 0.25) is 5.02 Å². The number of nitrogens with zero attached hydrogens (tertiary/aromatic N) is 1. The van der Waals surface area contributed by atoms with E-state index in [0.29, 0.717) is 5.69 Å². The Morgan fingerprint density at radius 1 is 1.35 bits per heavy atom. The highest BCUT2D eigenvalue weighted by atomic mass is 35.5. The van der Waals surface area contributed by atoms with Crippen LogP contribution in [0, 0.1) is 12.7 Å². The summed E-state index contributed by atoms with van der Waals surface area (Å²) in [6, 6.07) is 7.06. The van der Waals surface area contributed by atoms with E-state index in [1.165, 1.54) is 22.8 Å². The Bertz CT molecular complexity index is 713. The number of nitrogens with one attached hydrogen (secondary N) is 1. The highest BCUT2D eigenvalue weighted by Crippen LogP contribution is 2.19. The van der Waals surface area contributed by atoms with Crippen molar-refractivity contribution in [2.45, 2.75) is 13.5 Å². The molecule has 0 radical (unpaired) electrons. The Kier molecular flexibility index (Phi) is 4.20. The van der Waals surface area contributed by atoms with Gasteiger partial charge in [-0.25, -0.2) is 4.39 Å². The molecule has 0 atom stereocenters. The molecule has 6 heteroatoms. The zero-order valence-electron chi connectivity index (χ0n) is 10.7. The maximum atomic E-state index is 13.0. The van der Waals surface area contributed by atoms with Gasteiger partial charge in [-0.1, -0.05) is 11.6 Å². The van der Waals surface area contributed by atoms with Crippen molar-refractivity contribution in [1.82, 2.24) is 4.57 Å². The van der Waals surface area contributed by atoms with E-state index in [1.54, 1.807) is 19.2 Å². The van der Waals surface area contributed by atoms with Crippen molar-refractivity contribution < 1.29 is 9.18 Å². The first-order valence-corrected chi connectivity index (χ1v) is 6.25. The fourth-order valence-corrected chi connectivity index (χ4v) is 1.85. The lowest BCUT2D eigenvalue weighted by Gasteiger charge is -2.08. The average Bonchev–Trinajstić information content (AvgIpc) is 2.37. The normalized spacial score (nSPS) is 10.3. The van der Waals surface area contributed by atoms with Crippen LogP contribution in [0.1, 0.15) is 5.56 Å². The lowest BCUT2D eigenvalue weighted by molar-refractivity contribution is -0.116. The zero-order chi connectivity index (χ0) is 14.7. The van der Waals surface area contributed by atoms with Crippen LogP contribution in [0.25, 0.3) is 0 Å². The van der Waals surface area contributed by atoms with Gasteiger partial charge in [-0.05, 0) is 36.8 Å². The number of amides is 1. The van der Waals surface area contributed by atoms with Gasteiger partial charge >= 0.3 is 0 Å². The van der Waals surface area contributed by atoms with Crippen LogP contribution in [0.4, 0.5) is 10.1 Å². The van der Waals surface area contributed by atoms with E-state index in [2.05, 4.69) is 5.32 Å². The van der Waals surface area contributed by atoms with Crippen molar-refractivity contribution in [2.75, 3.05) is 5.32 Å². The molecule has 0 aliphatic heterocycles. The van der Waals surface area contributed by atoms with E-state index in [1.807, 2.05) is 0 Å². The molecule has 1 aromatic heterocycles. The Morgan fingerprint density at radius 3 is 2.75 bits per heavy atom. The fourth-order valence-electron chi connectivity index (χ4n) is 1.67. The zero-order valence-corrected chi connectivity index (χ0v) is 11.4. The third-order valence-electron chi connectivity index (χ3n) is 2.67. The summed E-state index contributed by atoms with van der Waals surface area (Å²) >= 11 is 5.62. The number of halogens is 2. The minimum Gasteiger partial charge on any atom is -0.324 e. The second-order valence-corrected chi connectivity index (χ2v) is 4.75. The molecule has 4 nitrogen and oxygen atoms in total. The van der Waals surface area contributed by atoms with E-state index in [0.717, 1.165) is 11.6 Å². The quantitative estimate of drug-likeness (QED) is 0.946. The van der Waals surface area contributed by atoms with Gasteiger partial charge in [-0.2, -0.15) is 0 Å². The fraction of sp³-hybridized carbons (Fsp3) is 0.143. The molecule has 0 saturated heterocycles. The molecule has 0 bridgehead atoms. The van der Waals surface area contributed by atoms with Gasteiger partial charge in [-0.3, -0.25) is 9.59 Å². The van der Waals surface area contributed by atoms with Crippen LogP contribution in [0.5, 0.6) is 0 Å². The summed E-state index contributed by atoms with van der Waals surface area (Å²) in [5.41, 5.74) is 0.954. The van der Waals surface area contributed by atoms with Gasteiger partial charge in [-0.15, -0.1) is 0 Å². The molecule has 1 heterocycles. The van der Waals surface area contributed by atoms with Crippen molar-refractivity contribution in [3.63, 3.8) is 0 Å². The van der Waals surface area contributed by atoms with Crippen molar-refractivity contribution in [1.29, 1.82) is 0 Å². The van der Waals surface area contributed by atoms with Crippen LogP contribution >= 0.6 is 11.6 Å². The van der Waals surface area contributed by atoms with E-state index < -0.39 is 11.7 Å². The van der Waals surface area contributed by atoms with Gasteiger partial charge in [0.1, 0.15) is 12.4 Å². The molecular weight excluding hydrogens is 283 g/mol. The summed E-state index contributed by atoms with van der Waals surface area (Å²) in [5, 5.41) is 2.48. The summed E-state index contributed by atoms with van der Waals surface area (Å²) in [7, 11) is 0. The number of carbonyl (C=O) groups is 1. The molecule has 0 saturated carbocycles. The first kappa shape index (κ1) is 14.3. The van der Waals surface area contributed by atoms with Crippen molar-refractivity contribution in [2.24, 2.45) is 0 Å². The van der Waals surface area contributed by atoms with E-state index in [9.17, 15) is 14.0 Å². The van der Waals surface area contributed by atoms with Gasteiger partial charge in [0.25, 0.3) is 5.56 Å². The molecule has 0 fully saturated rings. The molecule has 1 N–H and O–H groups in total. The average molecular weight is 295 g/mol. The van der Waals surface area contributed by atoms with Gasteiger partial charge in [0.15, 0.2) is 0 Å². The standard InChI is InChI=1S/C14H12ClFN2O2/c1-9-4-5-18(14(20)6-9)8-13(19)17-10-2-3-12(16)11(15)7-10/h2-7H,8H2,1H3,(H,17,19). The third-order valence-corrected chi connectivity index (χ3v) is 2.96. The van der Waals surface area contributed by atoms with Gasteiger partial charge in [0.05, 0.1) is 5.02 Å². The Labute approximate surface area is 119 Å². The van der Waals surface area contributed by atoms with Gasteiger partial charge in [0.2, 0.25) is 5.91 Å². The predicted molar refractivity (Wildman–Crippen MR) is 75.5 cm³/mol. The molecule has 0 aliphatic carbocycles. The number of carbonyl (C=O) groups excluding carboxylic acids is 1. The summed E-state index contributed by atoms with van der Waals surface area (Å²) in [6.45, 7) is 1.68. The van der Waals surface area contributed by atoms with E-state index >= 15 is 0 Å². The Morgan fingerprint density at radius 2 is 2.10 bits per heavy atom. The largest absolute Gasteiger partial charge is 0.324 e. The molecule has 2 aromatic rings. The van der Waals surface area contributed by atoms with Crippen LogP contribution < -0.4 is 10.9 Å². The first-order chi connectivity index (χ1) is 9.45. The number of hydrogen-bond donors (Lipinski definition) is 1. The Hall–Kier alpha value is -2.14. The second kappa shape index (κ2) is 5.88. The summed E-state index contributed by atoms with van der Waals surface area (Å²) in [4.78, 5) is 23.4. The SMILES string of the molecule is Cc1ccn(CC(=O)Nc2ccc(F)c(Cl)c2)c(=O)c1. The molecule has 104 valence electrons. The summed E-state index contributed by atoms with van der Waals surface area (Å²) in [5.74, 6) is -0.946. The van der Waals surface area contributed by atoms with E-state index in [-0.39, 0.29) is 17.1 Å². The second-order valence-electron chi connectivity index (χ2n) is 4.35. The molecule has 0 aliphatic rings. The topological polar surface area (TPSA) is 51.1 Å². The van der Waals surface area contributed by atoms with Crippen LogP contribution in [0.15, 0.2) is 41.3 Å². The number of pyridine rings is 1. The van der Waals surface area contributed by atoms with E-state index in [4.69, 9.17) is 11.6 Å². The molecule has 1 aromatic carbocycles. The van der Waals surface area contributed by atoms with Crippen LogP contribution in [-0.4, -0.2) is 10.5 Å². The molecule has 1 amide bonds. The first-order valence-electron chi connectivity index (χ1n) is 5.88. The minimum absolute atomic E-state index is 0.0738. The van der Waals surface area contributed by atoms with Crippen LogP contribution in [0.3, 0.4) is 0 Å². The lowest BCUT2D eigenvalue weighted by atomic mass is 10.3. The van der Waals surface area contributed by atoms with Crippen LogP contribution in [-0.2, 0) is 11.3 Å². The van der Waals surface area contributed by atoms with Gasteiger partial charge in [0, 0.05) is 18.0 Å². The predicted octanol–water partition coefficient (Wildman–Crippen LogP) is 2.59. The highest BCUT2D eigenvalue weighted by Gasteiger charge is 2.07. The monoisotopic (exact) mass is 294 g/mol. The van der Waals surface area contributed by atoms with Gasteiger partial charge < -0.3 is 9.88 Å². The highest BCUT2D eigenvalue weighted by molar-refractivity contribution is 6.31. The third kappa shape index (κ3) is 3.45. The molecule has 20 heavy (non-hydrogen) atoms. The number of aryl methyl sites for hydroxylation is 1.